The lowest BCUT2D eigenvalue weighted by molar-refractivity contribution is -0.141. The largest absolute Gasteiger partial charge is 0.435 e. The monoisotopic (exact) mass is 548 g/mol. The van der Waals surface area contributed by atoms with E-state index in [4.69, 9.17) is 0 Å². The third-order valence-corrected chi connectivity index (χ3v) is 5.64. The molecular weight excluding hydrogens is 538 g/mol. The zero-order chi connectivity index (χ0) is 28.7. The van der Waals surface area contributed by atoms with Crippen molar-refractivity contribution in [3.63, 3.8) is 0 Å². The van der Waals surface area contributed by atoms with Crippen LogP contribution in [0.15, 0.2) is 70.6 Å². The maximum Gasteiger partial charge on any atom is 0.435 e. The fraction of sp³-hybridized carbons (Fsp3) is 0.0769. The molecule has 14 heteroatoms. The second kappa shape index (κ2) is 9.67. The van der Waals surface area contributed by atoms with Crippen LogP contribution in [0.4, 0.5) is 26.3 Å². The fourth-order valence-electron chi connectivity index (χ4n) is 4.06. The van der Waals surface area contributed by atoms with Crippen molar-refractivity contribution in [2.24, 2.45) is 9.98 Å². The molecule has 40 heavy (non-hydrogen) atoms. The quantitative estimate of drug-likeness (QED) is 0.209. The summed E-state index contributed by atoms with van der Waals surface area (Å²) in [5, 5.41) is 18.7. The summed E-state index contributed by atoms with van der Waals surface area (Å²) in [6.45, 7) is 0. The molecule has 0 fully saturated rings. The van der Waals surface area contributed by atoms with Gasteiger partial charge in [0.05, 0.1) is 0 Å². The van der Waals surface area contributed by atoms with Crippen LogP contribution in [-0.4, -0.2) is 31.4 Å². The first-order valence-electron chi connectivity index (χ1n) is 11.1. The van der Waals surface area contributed by atoms with Crippen LogP contribution < -0.4 is 0 Å². The van der Waals surface area contributed by atoms with Gasteiger partial charge in [-0.1, -0.05) is 60.7 Å². The molecule has 0 saturated heterocycles. The summed E-state index contributed by atoms with van der Waals surface area (Å²) in [6, 6.07) is 14.2. The van der Waals surface area contributed by atoms with Gasteiger partial charge in [0.1, 0.15) is 45.6 Å². The Hall–Kier alpha value is -5.50. The van der Waals surface area contributed by atoms with Gasteiger partial charge in [-0.3, -0.25) is 0 Å². The molecule has 4 aromatic rings. The Kier molecular flexibility index (Phi) is 6.31. The summed E-state index contributed by atoms with van der Waals surface area (Å²) in [5.74, 6) is 0. The van der Waals surface area contributed by atoms with E-state index in [1.807, 2.05) is 0 Å². The normalized spacial score (nSPS) is 14.8. The summed E-state index contributed by atoms with van der Waals surface area (Å²) < 4.78 is 85.1. The zero-order valence-electron chi connectivity index (χ0n) is 19.6. The van der Waals surface area contributed by atoms with E-state index in [-0.39, 0.29) is 11.1 Å². The van der Waals surface area contributed by atoms with E-state index in [1.54, 1.807) is 12.1 Å². The number of nitriles is 2. The van der Waals surface area contributed by atoms with Gasteiger partial charge in [0.25, 0.3) is 0 Å². The van der Waals surface area contributed by atoms with E-state index in [1.165, 1.54) is 60.9 Å². The first-order chi connectivity index (χ1) is 19.0. The Balaban J connectivity index is 1.91. The molecule has 0 spiro atoms. The molecular formula is C26H10F6N8. The van der Waals surface area contributed by atoms with Crippen molar-refractivity contribution in [3.8, 4) is 34.9 Å². The van der Waals surface area contributed by atoms with Crippen LogP contribution in [0.5, 0.6) is 0 Å². The number of aliphatic imine (C=N–C) groups is 2. The number of benzene rings is 2. The summed E-state index contributed by atoms with van der Waals surface area (Å²) >= 11 is 0. The van der Waals surface area contributed by atoms with Gasteiger partial charge in [-0.15, -0.1) is 0 Å². The molecule has 1 aliphatic carbocycles. The Morgan fingerprint density at radius 1 is 0.500 bits per heavy atom. The van der Waals surface area contributed by atoms with Gasteiger partial charge in [-0.25, -0.2) is 19.9 Å². The molecule has 0 atom stereocenters. The highest BCUT2D eigenvalue weighted by molar-refractivity contribution is 6.29. The van der Waals surface area contributed by atoms with E-state index >= 15 is 0 Å². The Bertz CT molecular complexity index is 1650. The number of fused-ring (bicyclic) bond motifs is 2. The number of hydrogen-bond donors (Lipinski definition) is 0. The minimum atomic E-state index is -5.04. The maximum absolute atomic E-state index is 14.2. The van der Waals surface area contributed by atoms with Gasteiger partial charge in [0.15, 0.2) is 11.4 Å². The molecule has 0 N–H and O–H groups in total. The van der Waals surface area contributed by atoms with Crippen molar-refractivity contribution >= 4 is 11.4 Å². The van der Waals surface area contributed by atoms with Crippen molar-refractivity contribution in [2.75, 3.05) is 0 Å². The molecule has 0 aliphatic heterocycles. The predicted molar refractivity (Wildman–Crippen MR) is 127 cm³/mol. The Labute approximate surface area is 220 Å². The molecule has 0 bridgehead atoms. The van der Waals surface area contributed by atoms with Gasteiger partial charge in [-0.2, -0.15) is 46.9 Å². The SMILES string of the molecule is N#C/N=C1\c2nc(-c3ccccc3)c(C(F)(F)F)nc2/C(=N/C#N)c2nc(-c3ccccc3)c(C(F)(F)F)nc21. The lowest BCUT2D eigenvalue weighted by atomic mass is 9.93. The van der Waals surface area contributed by atoms with Crippen LogP contribution in [0.1, 0.15) is 34.2 Å². The lowest BCUT2D eigenvalue weighted by Crippen LogP contribution is -2.31. The van der Waals surface area contributed by atoms with Crippen LogP contribution in [0, 0.1) is 22.9 Å². The van der Waals surface area contributed by atoms with Crippen molar-refractivity contribution in [1.82, 2.24) is 19.9 Å². The van der Waals surface area contributed by atoms with E-state index in [0.29, 0.717) is 0 Å². The summed E-state index contributed by atoms with van der Waals surface area (Å²) in [6.07, 6.45) is -7.25. The van der Waals surface area contributed by atoms with E-state index in [9.17, 15) is 36.9 Å². The Morgan fingerprint density at radius 3 is 1.12 bits per heavy atom. The Morgan fingerprint density at radius 2 is 0.825 bits per heavy atom. The smallest absolute Gasteiger partial charge is 0.241 e. The van der Waals surface area contributed by atoms with Crippen LogP contribution >= 0.6 is 0 Å². The minimum absolute atomic E-state index is 0.0208. The fourth-order valence-corrected chi connectivity index (χ4v) is 4.06. The number of nitrogens with zero attached hydrogens (tertiary/aromatic N) is 8. The molecule has 8 nitrogen and oxygen atoms in total. The molecule has 196 valence electrons. The van der Waals surface area contributed by atoms with Gasteiger partial charge in [-0.05, 0) is 0 Å². The first-order valence-corrected chi connectivity index (χ1v) is 11.1. The van der Waals surface area contributed by atoms with Crippen molar-refractivity contribution in [1.29, 1.82) is 10.5 Å². The van der Waals surface area contributed by atoms with E-state index in [0.717, 1.165) is 0 Å². The van der Waals surface area contributed by atoms with E-state index in [2.05, 4.69) is 29.9 Å². The van der Waals surface area contributed by atoms with Gasteiger partial charge in [0.2, 0.25) is 12.4 Å². The molecule has 2 aromatic heterocycles. The standard InChI is InChI=1S/C26H10F6N8/c27-25(28,29)23-15(13-7-3-1-4-8-13)37-19-17(35-11-33)22-20(18(36-12-34)21(19)39-23)38-16(14-9-5-2-6-10-14)24(40-22)26(30,31)32/h1-10H/b35-17+,36-18+. The minimum Gasteiger partial charge on any atom is -0.241 e. The lowest BCUT2D eigenvalue weighted by Gasteiger charge is -2.23. The summed E-state index contributed by atoms with van der Waals surface area (Å²) in [7, 11) is 0. The predicted octanol–water partition coefficient (Wildman–Crippen LogP) is 5.59. The highest BCUT2D eigenvalue weighted by atomic mass is 19.4. The third kappa shape index (κ3) is 4.52. The van der Waals surface area contributed by atoms with Crippen molar-refractivity contribution < 1.29 is 26.3 Å². The van der Waals surface area contributed by atoms with Crippen LogP contribution in [0.3, 0.4) is 0 Å². The molecule has 0 saturated carbocycles. The average Bonchev–Trinajstić information content (AvgIpc) is 2.93. The summed E-state index contributed by atoms with van der Waals surface area (Å²) in [5.41, 5.74) is -7.87. The molecule has 2 aromatic carbocycles. The third-order valence-electron chi connectivity index (χ3n) is 5.64. The topological polar surface area (TPSA) is 124 Å². The van der Waals surface area contributed by atoms with Gasteiger partial charge < -0.3 is 0 Å². The molecule has 1 aliphatic rings. The second-order valence-corrected chi connectivity index (χ2v) is 8.08. The molecule has 5 rings (SSSR count). The maximum atomic E-state index is 14.2. The highest BCUT2D eigenvalue weighted by Gasteiger charge is 2.44. The van der Waals surface area contributed by atoms with Crippen molar-refractivity contribution in [2.45, 2.75) is 12.4 Å². The van der Waals surface area contributed by atoms with Crippen molar-refractivity contribution in [3.05, 3.63) is 94.8 Å². The average molecular weight is 548 g/mol. The van der Waals surface area contributed by atoms with E-state index < -0.39 is 69.3 Å². The number of aromatic nitrogens is 4. The number of hydrogen-bond acceptors (Lipinski definition) is 8. The molecule has 0 radical (unpaired) electrons. The highest BCUT2D eigenvalue weighted by Crippen LogP contribution is 2.40. The summed E-state index contributed by atoms with van der Waals surface area (Å²) in [4.78, 5) is 22.6. The number of alkyl halides is 6. The molecule has 0 amide bonds. The second-order valence-electron chi connectivity index (χ2n) is 8.08. The van der Waals surface area contributed by atoms with Gasteiger partial charge >= 0.3 is 12.4 Å². The number of halogens is 6. The van der Waals surface area contributed by atoms with Gasteiger partial charge in [0, 0.05) is 11.1 Å². The van der Waals surface area contributed by atoms with Crippen LogP contribution in [0.25, 0.3) is 22.5 Å². The molecule has 0 unspecified atom stereocenters. The first kappa shape index (κ1) is 26.1. The molecule has 2 heterocycles. The number of rotatable bonds is 2. The van der Waals surface area contributed by atoms with Crippen LogP contribution in [-0.2, 0) is 12.4 Å². The van der Waals surface area contributed by atoms with Crippen LogP contribution in [0.2, 0.25) is 0 Å². The zero-order valence-corrected chi connectivity index (χ0v) is 19.6.